The highest BCUT2D eigenvalue weighted by Crippen LogP contribution is 2.33. The Morgan fingerprint density at radius 3 is 1.19 bits per heavy atom. The number of rotatable bonds is 25. The molecule has 0 aromatic heterocycles. The van der Waals surface area contributed by atoms with Crippen LogP contribution in [-0.2, 0) is 9.53 Å². The van der Waals surface area contributed by atoms with Crippen molar-refractivity contribution in [3.05, 3.63) is 0 Å². The lowest BCUT2D eigenvalue weighted by Crippen LogP contribution is -2.30. The second kappa shape index (κ2) is 23.6. The molecule has 0 heterocycles. The highest BCUT2D eigenvalue weighted by Gasteiger charge is 2.33. The lowest BCUT2D eigenvalue weighted by Gasteiger charge is -2.27. The van der Waals surface area contributed by atoms with Crippen LogP contribution in [0, 0.1) is 5.41 Å². The molecule has 0 fully saturated rings. The van der Waals surface area contributed by atoms with Gasteiger partial charge < -0.3 is 4.74 Å². The third kappa shape index (κ3) is 19.0. The maximum Gasteiger partial charge on any atom is 0.311 e. The minimum absolute atomic E-state index is 0.0810. The van der Waals surface area contributed by atoms with Crippen LogP contribution in [0.5, 0.6) is 0 Å². The number of hydrogen-bond acceptors (Lipinski definition) is 2. The monoisotopic (exact) mass is 452 g/mol. The normalized spacial score (nSPS) is 13.2. The molecule has 2 nitrogen and oxygen atoms in total. The van der Waals surface area contributed by atoms with Crippen LogP contribution in [-0.4, -0.2) is 12.6 Å². The number of ether oxygens (including phenoxy) is 1. The predicted molar refractivity (Wildman–Crippen MR) is 142 cm³/mol. The van der Waals surface area contributed by atoms with Gasteiger partial charge in [-0.1, -0.05) is 149 Å². The molecule has 0 rings (SSSR count). The third-order valence-electron chi connectivity index (χ3n) is 7.14. The van der Waals surface area contributed by atoms with E-state index < -0.39 is 0 Å². The first kappa shape index (κ1) is 31.5. The molecule has 0 aliphatic heterocycles. The second-order valence-corrected chi connectivity index (χ2v) is 10.6. The summed E-state index contributed by atoms with van der Waals surface area (Å²) in [5, 5.41) is 0. The van der Waals surface area contributed by atoms with E-state index >= 15 is 0 Å². The van der Waals surface area contributed by atoms with Crippen molar-refractivity contribution in [3.8, 4) is 0 Å². The molecule has 0 bridgehead atoms. The van der Waals surface area contributed by atoms with E-state index in [1.807, 2.05) is 0 Å². The van der Waals surface area contributed by atoms with Crippen LogP contribution in [0.2, 0.25) is 0 Å². The third-order valence-corrected chi connectivity index (χ3v) is 7.14. The van der Waals surface area contributed by atoms with E-state index in [1.54, 1.807) is 0 Å². The average molecular weight is 453 g/mol. The molecule has 1 atom stereocenters. The maximum absolute atomic E-state index is 13.0. The van der Waals surface area contributed by atoms with Crippen LogP contribution < -0.4 is 0 Å². The lowest BCUT2D eigenvalue weighted by atomic mass is 9.79. The summed E-state index contributed by atoms with van der Waals surface area (Å²) in [6, 6.07) is 0. The van der Waals surface area contributed by atoms with E-state index in [0.29, 0.717) is 6.61 Å². The van der Waals surface area contributed by atoms with Crippen molar-refractivity contribution in [1.29, 1.82) is 0 Å². The van der Waals surface area contributed by atoms with Gasteiger partial charge in [-0.05, 0) is 26.2 Å². The van der Waals surface area contributed by atoms with Gasteiger partial charge in [-0.25, -0.2) is 0 Å². The summed E-state index contributed by atoms with van der Waals surface area (Å²) < 4.78 is 5.81. The van der Waals surface area contributed by atoms with Crippen LogP contribution >= 0.6 is 0 Å². The van der Waals surface area contributed by atoms with Crippen LogP contribution in [0.1, 0.15) is 175 Å². The van der Waals surface area contributed by atoms with Crippen LogP contribution in [0.15, 0.2) is 0 Å². The first-order valence-corrected chi connectivity index (χ1v) is 14.8. The number of esters is 1. The van der Waals surface area contributed by atoms with Gasteiger partial charge in [0.05, 0.1) is 12.0 Å². The Morgan fingerprint density at radius 1 is 0.500 bits per heavy atom. The van der Waals surface area contributed by atoms with Crippen molar-refractivity contribution in [3.63, 3.8) is 0 Å². The fourth-order valence-corrected chi connectivity index (χ4v) is 4.67. The first-order valence-electron chi connectivity index (χ1n) is 14.8. The van der Waals surface area contributed by atoms with Crippen molar-refractivity contribution in [1.82, 2.24) is 0 Å². The summed E-state index contributed by atoms with van der Waals surface area (Å²) in [7, 11) is 0. The van der Waals surface area contributed by atoms with Gasteiger partial charge >= 0.3 is 5.97 Å². The molecule has 0 N–H and O–H groups in total. The Morgan fingerprint density at radius 2 is 0.812 bits per heavy atom. The largest absolute Gasteiger partial charge is 0.465 e. The van der Waals surface area contributed by atoms with E-state index in [2.05, 4.69) is 27.7 Å². The summed E-state index contributed by atoms with van der Waals surface area (Å²) in [5.41, 5.74) is -0.268. The standard InChI is InChI=1S/C30H60O2/c1-5-8-11-14-16-17-18-19-22-25-28-32-29(31)30(4,26-23-20-13-10-7-3)27-24-21-15-12-9-6-2/h5-28H2,1-4H3. The van der Waals surface area contributed by atoms with Crippen molar-refractivity contribution < 1.29 is 9.53 Å². The second-order valence-electron chi connectivity index (χ2n) is 10.6. The summed E-state index contributed by atoms with van der Waals surface area (Å²) in [6.07, 6.45) is 29.2. The topological polar surface area (TPSA) is 26.3 Å². The Hall–Kier alpha value is -0.530. The van der Waals surface area contributed by atoms with Gasteiger partial charge in [0, 0.05) is 0 Å². The molecule has 0 saturated heterocycles. The van der Waals surface area contributed by atoms with Crippen molar-refractivity contribution in [2.45, 2.75) is 175 Å². The SMILES string of the molecule is CCCCCCCCCCCCOC(=O)C(C)(CCCCCCC)CCCCCCCC. The van der Waals surface area contributed by atoms with E-state index in [-0.39, 0.29) is 11.4 Å². The summed E-state index contributed by atoms with van der Waals surface area (Å²) >= 11 is 0. The van der Waals surface area contributed by atoms with Crippen molar-refractivity contribution in [2.24, 2.45) is 5.41 Å². The molecule has 32 heavy (non-hydrogen) atoms. The number of carbonyl (C=O) groups excluding carboxylic acids is 1. The minimum atomic E-state index is -0.268. The van der Waals surface area contributed by atoms with Gasteiger partial charge in [-0.3, -0.25) is 4.79 Å². The Balaban J connectivity index is 4.10. The quantitative estimate of drug-likeness (QED) is 0.102. The van der Waals surface area contributed by atoms with Gasteiger partial charge in [0.1, 0.15) is 0 Å². The van der Waals surface area contributed by atoms with Gasteiger partial charge in [-0.2, -0.15) is 0 Å². The Bertz CT molecular complexity index is 392. The van der Waals surface area contributed by atoms with Crippen molar-refractivity contribution >= 4 is 5.97 Å². The number of hydrogen-bond donors (Lipinski definition) is 0. The molecule has 0 amide bonds. The zero-order chi connectivity index (χ0) is 23.8. The molecule has 0 aliphatic carbocycles. The van der Waals surface area contributed by atoms with Gasteiger partial charge in [-0.15, -0.1) is 0 Å². The maximum atomic E-state index is 13.0. The Labute approximate surface area is 203 Å². The number of unbranched alkanes of at least 4 members (excludes halogenated alkanes) is 18. The molecule has 192 valence electrons. The van der Waals surface area contributed by atoms with Crippen LogP contribution in [0.4, 0.5) is 0 Å². The van der Waals surface area contributed by atoms with Gasteiger partial charge in [0.2, 0.25) is 0 Å². The van der Waals surface area contributed by atoms with E-state index in [0.717, 1.165) is 19.3 Å². The summed E-state index contributed by atoms with van der Waals surface area (Å²) in [6.45, 7) is 9.60. The molecule has 1 unspecified atom stereocenters. The molecule has 0 radical (unpaired) electrons. The molecule has 0 spiro atoms. The fraction of sp³-hybridized carbons (Fsp3) is 0.967. The van der Waals surface area contributed by atoms with E-state index in [9.17, 15) is 4.79 Å². The molecular formula is C30H60O2. The van der Waals surface area contributed by atoms with E-state index in [1.165, 1.54) is 128 Å². The van der Waals surface area contributed by atoms with Gasteiger partial charge in [0.25, 0.3) is 0 Å². The highest BCUT2D eigenvalue weighted by atomic mass is 16.5. The minimum Gasteiger partial charge on any atom is -0.465 e. The summed E-state index contributed by atoms with van der Waals surface area (Å²) in [5.74, 6) is 0.0810. The molecule has 0 aromatic carbocycles. The molecule has 0 saturated carbocycles. The van der Waals surface area contributed by atoms with Crippen molar-refractivity contribution in [2.75, 3.05) is 6.61 Å². The number of carbonyl (C=O) groups is 1. The fourth-order valence-electron chi connectivity index (χ4n) is 4.67. The summed E-state index contributed by atoms with van der Waals surface area (Å²) in [4.78, 5) is 13.0. The highest BCUT2D eigenvalue weighted by molar-refractivity contribution is 5.76. The molecule has 0 aromatic rings. The van der Waals surface area contributed by atoms with Gasteiger partial charge in [0.15, 0.2) is 0 Å². The lowest BCUT2D eigenvalue weighted by molar-refractivity contribution is -0.156. The first-order chi connectivity index (χ1) is 15.6. The zero-order valence-electron chi connectivity index (χ0n) is 22.8. The Kier molecular flexibility index (Phi) is 23.2. The predicted octanol–water partition coefficient (Wildman–Crippen LogP) is 10.6. The zero-order valence-corrected chi connectivity index (χ0v) is 22.8. The smallest absolute Gasteiger partial charge is 0.311 e. The molecular weight excluding hydrogens is 392 g/mol. The van der Waals surface area contributed by atoms with Crippen LogP contribution in [0.25, 0.3) is 0 Å². The molecule has 0 aliphatic rings. The van der Waals surface area contributed by atoms with E-state index in [4.69, 9.17) is 4.74 Å². The van der Waals surface area contributed by atoms with Crippen LogP contribution in [0.3, 0.4) is 0 Å². The molecule has 2 heteroatoms. The average Bonchev–Trinajstić information content (AvgIpc) is 2.79.